The third-order valence-corrected chi connectivity index (χ3v) is 3.85. The molecule has 1 heterocycles. The highest BCUT2D eigenvalue weighted by Gasteiger charge is 2.31. The average molecular weight is 232 g/mol. The first-order valence-electron chi connectivity index (χ1n) is 5.20. The lowest BCUT2D eigenvalue weighted by Gasteiger charge is -2.14. The molecule has 1 aliphatic heterocycles. The number of hydrogen-bond donors (Lipinski definition) is 1. The van der Waals surface area contributed by atoms with E-state index >= 15 is 0 Å². The number of thioether (sulfide) groups is 1. The molecule has 0 bridgehead atoms. The molecule has 1 aromatic rings. The molecule has 1 radical (unpaired) electrons. The fourth-order valence-corrected chi connectivity index (χ4v) is 2.98. The zero-order valence-corrected chi connectivity index (χ0v) is 9.80. The standard InChI is InChI=1S/C12H12N2OS/c1-15-8-3-4-9-7(6-8)2-5-10-11(9)14-12(13)16-10/h3-4,6H,2,5,13H2,1H3/q+1. The number of aliphatic imine (C=N–C) groups is 1. The lowest BCUT2D eigenvalue weighted by Crippen LogP contribution is -2.09. The minimum atomic E-state index is 0.661. The molecule has 2 aliphatic rings. The molecule has 2 N–H and O–H groups in total. The molecular weight excluding hydrogens is 220 g/mol. The summed E-state index contributed by atoms with van der Waals surface area (Å²) in [5.74, 6) is 0.908. The number of fused-ring (bicyclic) bond motifs is 2. The molecule has 0 atom stereocenters. The summed E-state index contributed by atoms with van der Waals surface area (Å²) < 4.78 is 5.23. The van der Waals surface area contributed by atoms with Gasteiger partial charge < -0.3 is 4.74 Å². The lowest BCUT2D eigenvalue weighted by atomic mass is 9.94. The zero-order valence-electron chi connectivity index (χ0n) is 8.99. The number of rotatable bonds is 1. The van der Waals surface area contributed by atoms with Crippen LogP contribution in [0, 0.1) is 0 Å². The summed E-state index contributed by atoms with van der Waals surface area (Å²) in [6, 6.07) is 6.14. The summed E-state index contributed by atoms with van der Waals surface area (Å²) in [4.78, 5) is 5.70. The third kappa shape index (κ3) is 1.41. The molecule has 0 saturated carbocycles. The normalized spacial score (nSPS) is 17.9. The van der Waals surface area contributed by atoms with Crippen LogP contribution in [0.5, 0.6) is 5.75 Å². The van der Waals surface area contributed by atoms with Crippen molar-refractivity contribution in [1.29, 1.82) is 0 Å². The molecule has 81 valence electrons. The van der Waals surface area contributed by atoms with Crippen molar-refractivity contribution in [2.75, 3.05) is 7.11 Å². The zero-order chi connectivity index (χ0) is 11.1. The fraction of sp³-hybridized carbons (Fsp3) is 0.250. The van der Waals surface area contributed by atoms with E-state index in [1.54, 1.807) is 18.9 Å². The van der Waals surface area contributed by atoms with E-state index in [4.69, 9.17) is 10.5 Å². The first-order chi connectivity index (χ1) is 7.78. The van der Waals surface area contributed by atoms with Crippen LogP contribution >= 0.6 is 11.8 Å². The molecule has 1 aliphatic carbocycles. The number of ether oxygens (including phenoxy) is 1. The third-order valence-electron chi connectivity index (χ3n) is 2.90. The average Bonchev–Trinajstić information content (AvgIpc) is 2.69. The topological polar surface area (TPSA) is 49.4 Å². The van der Waals surface area contributed by atoms with E-state index in [2.05, 4.69) is 17.1 Å². The molecule has 0 aromatic heterocycles. The van der Waals surface area contributed by atoms with Gasteiger partial charge in [-0.3, -0.25) is 5.73 Å². The van der Waals surface area contributed by atoms with Crippen LogP contribution in [0.25, 0.3) is 5.70 Å². The van der Waals surface area contributed by atoms with Crippen molar-refractivity contribution in [2.24, 2.45) is 5.73 Å². The SMILES string of the molecule is COc1ccc2c(c1)CCC1=C2[N+]=C(N)S1. The van der Waals surface area contributed by atoms with E-state index in [1.807, 2.05) is 6.07 Å². The van der Waals surface area contributed by atoms with Gasteiger partial charge in [-0.1, -0.05) is 0 Å². The number of methoxy groups -OCH3 is 1. The maximum Gasteiger partial charge on any atom is 0.355 e. The quantitative estimate of drug-likeness (QED) is 0.802. The van der Waals surface area contributed by atoms with Crippen LogP contribution in [0.15, 0.2) is 23.1 Å². The maximum atomic E-state index is 5.75. The second-order valence-corrected chi connectivity index (χ2v) is 4.96. The van der Waals surface area contributed by atoms with Crippen molar-refractivity contribution < 1.29 is 4.74 Å². The van der Waals surface area contributed by atoms with Gasteiger partial charge >= 0.3 is 5.17 Å². The molecule has 0 saturated heterocycles. The predicted molar refractivity (Wildman–Crippen MR) is 67.2 cm³/mol. The Morgan fingerprint density at radius 2 is 2.25 bits per heavy atom. The Labute approximate surface area is 98.4 Å². The van der Waals surface area contributed by atoms with Crippen molar-refractivity contribution in [2.45, 2.75) is 12.8 Å². The lowest BCUT2D eigenvalue weighted by molar-refractivity contribution is 0.414. The van der Waals surface area contributed by atoms with Gasteiger partial charge in [-0.25, -0.2) is 0 Å². The molecule has 0 unspecified atom stereocenters. The highest BCUT2D eigenvalue weighted by molar-refractivity contribution is 8.17. The van der Waals surface area contributed by atoms with Gasteiger partial charge in [0.25, 0.3) is 0 Å². The van der Waals surface area contributed by atoms with E-state index in [-0.39, 0.29) is 0 Å². The van der Waals surface area contributed by atoms with Gasteiger partial charge in [0.05, 0.1) is 7.11 Å². The molecular formula is C12H12N2OS+. The van der Waals surface area contributed by atoms with Crippen LogP contribution in [0.4, 0.5) is 0 Å². The van der Waals surface area contributed by atoms with Crippen molar-refractivity contribution in [3.8, 4) is 5.75 Å². The number of amidine groups is 1. The van der Waals surface area contributed by atoms with Crippen LogP contribution in [-0.4, -0.2) is 12.3 Å². The number of benzene rings is 1. The Hall–Kier alpha value is -1.42. The van der Waals surface area contributed by atoms with Gasteiger partial charge in [-0.15, -0.1) is 0 Å². The van der Waals surface area contributed by atoms with Crippen LogP contribution in [0.3, 0.4) is 0 Å². The number of nitrogens with zero attached hydrogens (tertiary/aromatic N) is 1. The van der Waals surface area contributed by atoms with Crippen LogP contribution in [0.2, 0.25) is 0 Å². The summed E-state index contributed by atoms with van der Waals surface area (Å²) in [6.45, 7) is 0. The van der Waals surface area contributed by atoms with Crippen molar-refractivity contribution >= 4 is 22.6 Å². The Morgan fingerprint density at radius 1 is 1.38 bits per heavy atom. The Bertz CT molecular complexity index is 520. The molecule has 3 rings (SSSR count). The van der Waals surface area contributed by atoms with Gasteiger partial charge in [0.15, 0.2) is 5.70 Å². The van der Waals surface area contributed by atoms with Gasteiger partial charge in [-0.05, 0) is 41.6 Å². The summed E-state index contributed by atoms with van der Waals surface area (Å²) in [5, 5.41) is 0.661. The van der Waals surface area contributed by atoms with E-state index < -0.39 is 0 Å². The number of allylic oxidation sites excluding steroid dienone is 1. The largest absolute Gasteiger partial charge is 0.497 e. The fourth-order valence-electron chi connectivity index (χ4n) is 2.13. The van der Waals surface area contributed by atoms with E-state index in [1.165, 1.54) is 16.0 Å². The van der Waals surface area contributed by atoms with Crippen LogP contribution in [-0.2, 0) is 6.42 Å². The highest BCUT2D eigenvalue weighted by Crippen LogP contribution is 2.39. The van der Waals surface area contributed by atoms with Gasteiger partial charge in [0.1, 0.15) is 5.75 Å². The molecule has 0 fully saturated rings. The number of aryl methyl sites for hydroxylation is 1. The molecule has 16 heavy (non-hydrogen) atoms. The Balaban J connectivity index is 2.11. The maximum absolute atomic E-state index is 5.75. The Kier molecular flexibility index (Phi) is 2.17. The Morgan fingerprint density at radius 3 is 3.06 bits per heavy atom. The monoisotopic (exact) mass is 232 g/mol. The van der Waals surface area contributed by atoms with Crippen LogP contribution in [0.1, 0.15) is 17.5 Å². The van der Waals surface area contributed by atoms with Crippen molar-refractivity contribution in [3.63, 3.8) is 0 Å². The van der Waals surface area contributed by atoms with Gasteiger partial charge in [-0.2, -0.15) is 0 Å². The smallest absolute Gasteiger partial charge is 0.355 e. The van der Waals surface area contributed by atoms with Gasteiger partial charge in [0, 0.05) is 22.2 Å². The summed E-state index contributed by atoms with van der Waals surface area (Å²) in [5.41, 5.74) is 9.32. The first kappa shape index (κ1) is 9.78. The molecule has 0 amide bonds. The second kappa shape index (κ2) is 3.56. The molecule has 0 spiro atoms. The van der Waals surface area contributed by atoms with Gasteiger partial charge in [0.2, 0.25) is 0 Å². The highest BCUT2D eigenvalue weighted by atomic mass is 32.2. The van der Waals surface area contributed by atoms with E-state index in [0.29, 0.717) is 5.17 Å². The molecule has 1 aromatic carbocycles. The van der Waals surface area contributed by atoms with Crippen molar-refractivity contribution in [3.05, 3.63) is 34.2 Å². The van der Waals surface area contributed by atoms with Crippen molar-refractivity contribution in [1.82, 2.24) is 4.99 Å². The van der Waals surface area contributed by atoms with E-state index in [9.17, 15) is 0 Å². The number of nitrogens with two attached hydrogens (primary N) is 1. The first-order valence-corrected chi connectivity index (χ1v) is 6.02. The summed E-state index contributed by atoms with van der Waals surface area (Å²) in [7, 11) is 1.69. The minimum absolute atomic E-state index is 0.661. The minimum Gasteiger partial charge on any atom is -0.497 e. The summed E-state index contributed by atoms with van der Waals surface area (Å²) in [6.07, 6.45) is 2.07. The second-order valence-electron chi connectivity index (χ2n) is 3.85. The predicted octanol–water partition coefficient (Wildman–Crippen LogP) is 1.71. The number of hydrogen-bond acceptors (Lipinski definition) is 4. The van der Waals surface area contributed by atoms with E-state index in [0.717, 1.165) is 24.3 Å². The van der Waals surface area contributed by atoms with Crippen LogP contribution < -0.4 is 15.5 Å². The molecule has 4 heteroatoms. The summed E-state index contributed by atoms with van der Waals surface area (Å²) >= 11 is 1.60. The molecule has 3 nitrogen and oxygen atoms in total.